The Morgan fingerprint density at radius 3 is 2.55 bits per heavy atom. The zero-order chi connectivity index (χ0) is 19.9. The Kier molecular flexibility index (Phi) is 14.9. The summed E-state index contributed by atoms with van der Waals surface area (Å²) in [5, 5.41) is 6.90. The molecule has 0 spiro atoms. The molecule has 29 heavy (non-hydrogen) atoms. The number of hydrogen-bond acceptors (Lipinski definition) is 5. The Bertz CT molecular complexity index is 539. The summed E-state index contributed by atoms with van der Waals surface area (Å²) in [5.41, 5.74) is 0. The minimum absolute atomic E-state index is 0. The number of hydrogen-bond donors (Lipinski definition) is 2. The molecule has 1 aromatic rings. The van der Waals surface area contributed by atoms with Crippen molar-refractivity contribution < 1.29 is 9.47 Å². The smallest absolute Gasteiger partial charge is 0.191 e. The molecule has 0 aliphatic carbocycles. The highest BCUT2D eigenvalue weighted by molar-refractivity contribution is 14.0. The van der Waals surface area contributed by atoms with Crippen molar-refractivity contribution in [3.8, 4) is 0 Å². The number of halogens is 1. The normalized spacial score (nSPS) is 15.1. The van der Waals surface area contributed by atoms with Gasteiger partial charge in [-0.1, -0.05) is 19.4 Å². The first kappa shape index (κ1) is 25.9. The number of unbranched alkanes of at least 4 members (excludes halogenated alkanes) is 1. The number of rotatable bonds is 12. The first-order valence-corrected chi connectivity index (χ1v) is 10.7. The maximum absolute atomic E-state index is 5.59. The summed E-state index contributed by atoms with van der Waals surface area (Å²) in [6.07, 6.45) is 6.29. The van der Waals surface area contributed by atoms with Gasteiger partial charge in [-0.2, -0.15) is 0 Å². The monoisotopic (exact) mass is 519 g/mol. The number of nitrogens with zero attached hydrogens (tertiary/aromatic N) is 3. The lowest BCUT2D eigenvalue weighted by atomic mass is 10.1. The van der Waals surface area contributed by atoms with Gasteiger partial charge in [0, 0.05) is 38.5 Å². The molecule has 2 heterocycles. The van der Waals surface area contributed by atoms with Crippen molar-refractivity contribution in [3.05, 3.63) is 24.4 Å². The number of guanidine groups is 1. The van der Waals surface area contributed by atoms with Crippen LogP contribution in [0.4, 0.5) is 5.82 Å². The topological polar surface area (TPSA) is 71.0 Å². The molecule has 1 aliphatic rings. The molecule has 1 aliphatic heterocycles. The Balaban J connectivity index is 0.00000420. The van der Waals surface area contributed by atoms with Crippen molar-refractivity contribution in [2.24, 2.45) is 4.99 Å². The number of anilines is 1. The fraction of sp³-hybridized carbons (Fsp3) is 0.714. The van der Waals surface area contributed by atoms with E-state index in [9.17, 15) is 0 Å². The van der Waals surface area contributed by atoms with Crippen LogP contribution in [0.15, 0.2) is 29.4 Å². The highest BCUT2D eigenvalue weighted by Crippen LogP contribution is 2.17. The van der Waals surface area contributed by atoms with Crippen LogP contribution in [0.2, 0.25) is 0 Å². The molecular weight excluding hydrogens is 481 g/mol. The van der Waals surface area contributed by atoms with E-state index in [0.717, 1.165) is 63.7 Å². The van der Waals surface area contributed by atoms with Gasteiger partial charge in [0.25, 0.3) is 0 Å². The van der Waals surface area contributed by atoms with E-state index in [1.54, 1.807) is 0 Å². The van der Waals surface area contributed by atoms with Gasteiger partial charge in [0.15, 0.2) is 5.96 Å². The van der Waals surface area contributed by atoms with Crippen molar-refractivity contribution in [2.45, 2.75) is 45.6 Å². The summed E-state index contributed by atoms with van der Waals surface area (Å²) < 4.78 is 11.1. The number of aliphatic imine (C=N–C) groups is 1. The molecule has 0 aromatic carbocycles. The van der Waals surface area contributed by atoms with Gasteiger partial charge in [-0.25, -0.2) is 4.98 Å². The number of aromatic nitrogens is 1. The number of pyridine rings is 1. The van der Waals surface area contributed by atoms with Gasteiger partial charge >= 0.3 is 0 Å². The molecule has 1 saturated heterocycles. The minimum Gasteiger partial charge on any atom is -0.379 e. The molecule has 0 atom stereocenters. The third-order valence-electron chi connectivity index (χ3n) is 4.67. The average molecular weight is 519 g/mol. The third kappa shape index (κ3) is 11.0. The summed E-state index contributed by atoms with van der Waals surface area (Å²) in [7, 11) is 0. The Labute approximate surface area is 193 Å². The van der Waals surface area contributed by atoms with E-state index in [-0.39, 0.29) is 24.0 Å². The van der Waals surface area contributed by atoms with Crippen molar-refractivity contribution in [2.75, 3.05) is 57.5 Å². The van der Waals surface area contributed by atoms with Gasteiger partial charge in [-0.3, -0.25) is 4.99 Å². The maximum atomic E-state index is 5.59. The molecule has 0 unspecified atom stereocenters. The van der Waals surface area contributed by atoms with Gasteiger partial charge in [-0.15, -0.1) is 24.0 Å². The predicted molar refractivity (Wildman–Crippen MR) is 131 cm³/mol. The predicted octanol–water partition coefficient (Wildman–Crippen LogP) is 3.06. The molecule has 2 N–H and O–H groups in total. The van der Waals surface area contributed by atoms with Gasteiger partial charge < -0.3 is 25.0 Å². The molecule has 0 bridgehead atoms. The summed E-state index contributed by atoms with van der Waals surface area (Å²) in [5.74, 6) is 1.94. The van der Waals surface area contributed by atoms with Crippen molar-refractivity contribution in [1.29, 1.82) is 0 Å². The van der Waals surface area contributed by atoms with E-state index in [1.165, 1.54) is 0 Å². The molecule has 1 fully saturated rings. The van der Waals surface area contributed by atoms with Gasteiger partial charge in [0.2, 0.25) is 0 Å². The van der Waals surface area contributed by atoms with E-state index >= 15 is 0 Å². The summed E-state index contributed by atoms with van der Waals surface area (Å²) in [6, 6.07) is 6.52. The molecule has 0 saturated carbocycles. The maximum Gasteiger partial charge on any atom is 0.191 e. The molecular formula is C21H38IN5O2. The molecule has 7 nitrogen and oxygen atoms in total. The van der Waals surface area contributed by atoms with E-state index < -0.39 is 0 Å². The minimum atomic E-state index is 0. The quantitative estimate of drug-likeness (QED) is 0.192. The van der Waals surface area contributed by atoms with Crippen LogP contribution in [-0.4, -0.2) is 69.6 Å². The second-order valence-corrected chi connectivity index (χ2v) is 6.93. The lowest BCUT2D eigenvalue weighted by molar-refractivity contribution is 0.0497. The molecule has 1 aromatic heterocycles. The molecule has 2 rings (SSSR count). The number of ether oxygens (including phenoxy) is 2. The second-order valence-electron chi connectivity index (χ2n) is 6.93. The zero-order valence-electron chi connectivity index (χ0n) is 17.9. The van der Waals surface area contributed by atoms with Crippen molar-refractivity contribution in [1.82, 2.24) is 15.6 Å². The van der Waals surface area contributed by atoms with Crippen LogP contribution < -0.4 is 15.5 Å². The highest BCUT2D eigenvalue weighted by atomic mass is 127. The van der Waals surface area contributed by atoms with Crippen LogP contribution in [-0.2, 0) is 9.47 Å². The van der Waals surface area contributed by atoms with E-state index in [1.807, 2.05) is 18.3 Å². The average Bonchev–Trinajstić information content (AvgIpc) is 2.74. The van der Waals surface area contributed by atoms with Crippen molar-refractivity contribution in [3.63, 3.8) is 0 Å². The number of piperidine rings is 1. The Morgan fingerprint density at radius 2 is 1.90 bits per heavy atom. The van der Waals surface area contributed by atoms with Crippen LogP contribution in [0.1, 0.15) is 39.5 Å². The van der Waals surface area contributed by atoms with Crippen LogP contribution in [0.5, 0.6) is 0 Å². The first-order valence-electron chi connectivity index (χ1n) is 10.7. The van der Waals surface area contributed by atoms with Gasteiger partial charge in [0.05, 0.1) is 26.4 Å². The fourth-order valence-corrected chi connectivity index (χ4v) is 3.10. The SMILES string of the molecule is CCCCOCCOCCN=C(NCC)NC1CCN(c2ccccn2)CC1.I. The van der Waals surface area contributed by atoms with Crippen molar-refractivity contribution >= 4 is 35.8 Å². The lowest BCUT2D eigenvalue weighted by Crippen LogP contribution is -2.49. The Hall–Kier alpha value is -1.13. The highest BCUT2D eigenvalue weighted by Gasteiger charge is 2.20. The molecule has 166 valence electrons. The number of nitrogens with one attached hydrogen (secondary N) is 2. The van der Waals surface area contributed by atoms with Crippen LogP contribution in [0.3, 0.4) is 0 Å². The molecule has 0 radical (unpaired) electrons. The summed E-state index contributed by atoms with van der Waals surface area (Å²) in [4.78, 5) is 11.4. The third-order valence-corrected chi connectivity index (χ3v) is 4.67. The van der Waals surface area contributed by atoms with Crippen LogP contribution >= 0.6 is 24.0 Å². The standard InChI is InChI=1S/C21H37N5O2.HI/c1-3-5-15-27-17-18-28-16-12-24-21(22-4-2)25-19-9-13-26(14-10-19)20-8-6-7-11-23-20;/h6-8,11,19H,3-5,9-10,12-18H2,1-2H3,(H2,22,24,25);1H. The second kappa shape index (κ2) is 16.6. The molecule has 8 heteroatoms. The van der Waals surface area contributed by atoms with Gasteiger partial charge in [0.1, 0.15) is 5.82 Å². The first-order chi connectivity index (χ1) is 13.8. The van der Waals surface area contributed by atoms with Crippen LogP contribution in [0, 0.1) is 0 Å². The van der Waals surface area contributed by atoms with E-state index in [0.29, 0.717) is 32.4 Å². The van der Waals surface area contributed by atoms with E-state index in [4.69, 9.17) is 9.47 Å². The zero-order valence-corrected chi connectivity index (χ0v) is 20.3. The van der Waals surface area contributed by atoms with E-state index in [2.05, 4.69) is 45.4 Å². The van der Waals surface area contributed by atoms with Crippen LogP contribution in [0.25, 0.3) is 0 Å². The summed E-state index contributed by atoms with van der Waals surface area (Å²) in [6.45, 7) is 10.5. The largest absolute Gasteiger partial charge is 0.379 e. The molecule has 0 amide bonds. The lowest BCUT2D eigenvalue weighted by Gasteiger charge is -2.33. The Morgan fingerprint density at radius 1 is 1.14 bits per heavy atom. The fourth-order valence-electron chi connectivity index (χ4n) is 3.10. The summed E-state index contributed by atoms with van der Waals surface area (Å²) >= 11 is 0. The van der Waals surface area contributed by atoms with Gasteiger partial charge in [-0.05, 0) is 38.3 Å².